The quantitative estimate of drug-likeness (QED) is 0.744. The second-order valence-electron chi connectivity index (χ2n) is 4.92. The molecule has 1 aromatic heterocycles. The summed E-state index contributed by atoms with van der Waals surface area (Å²) < 4.78 is 0.756. The van der Waals surface area contributed by atoms with Crippen LogP contribution in [0.25, 0.3) is 0 Å². The van der Waals surface area contributed by atoms with Gasteiger partial charge in [0.2, 0.25) is 0 Å². The maximum absolute atomic E-state index is 12.7. The van der Waals surface area contributed by atoms with E-state index in [1.807, 2.05) is 10.3 Å². The third kappa shape index (κ3) is 3.08. The summed E-state index contributed by atoms with van der Waals surface area (Å²) in [5.41, 5.74) is 1.87. The van der Waals surface area contributed by atoms with Gasteiger partial charge in [-0.2, -0.15) is 11.3 Å². The fraction of sp³-hybridized carbons (Fsp3) is 0.267. The number of carbonyl (C=O) groups excluding carboxylic acids is 1. The molecule has 5 heteroatoms. The van der Waals surface area contributed by atoms with Crippen molar-refractivity contribution in [2.24, 2.45) is 0 Å². The maximum Gasteiger partial charge on any atom is 0.255 e. The Labute approximate surface area is 135 Å². The van der Waals surface area contributed by atoms with Gasteiger partial charge in [-0.1, -0.05) is 11.6 Å². The van der Waals surface area contributed by atoms with E-state index in [0.717, 1.165) is 17.3 Å². The molecule has 1 amide bonds. The number of hydrogen-bond acceptors (Lipinski definition) is 2. The smallest absolute Gasteiger partial charge is 0.255 e. The largest absolute Gasteiger partial charge is 0.331 e. The van der Waals surface area contributed by atoms with Crippen LogP contribution in [0.3, 0.4) is 0 Å². The average molecular weight is 371 g/mol. The first-order valence-corrected chi connectivity index (χ1v) is 8.53. The number of amides is 1. The fourth-order valence-corrected chi connectivity index (χ4v) is 3.66. The molecule has 0 bridgehead atoms. The summed E-state index contributed by atoms with van der Waals surface area (Å²) >= 11 is 11.0. The van der Waals surface area contributed by atoms with Crippen LogP contribution in [0.2, 0.25) is 5.02 Å². The van der Waals surface area contributed by atoms with Crippen LogP contribution in [0.5, 0.6) is 0 Å². The first-order chi connectivity index (χ1) is 9.65. The molecule has 104 valence electrons. The summed E-state index contributed by atoms with van der Waals surface area (Å²) in [6, 6.07) is 7.77. The maximum atomic E-state index is 12.7. The topological polar surface area (TPSA) is 20.3 Å². The van der Waals surface area contributed by atoms with E-state index in [1.54, 1.807) is 29.5 Å². The predicted molar refractivity (Wildman–Crippen MR) is 86.4 cm³/mol. The van der Waals surface area contributed by atoms with E-state index >= 15 is 0 Å². The standard InChI is InChI=1S/C15H13BrClNOS/c16-14-7-11(17)1-4-13(14)15(19)18(12-2-3-12)8-10-5-6-20-9-10/h1,4-7,9,12H,2-3,8H2. The Kier molecular flexibility index (Phi) is 4.15. The first-order valence-electron chi connectivity index (χ1n) is 6.42. The van der Waals surface area contributed by atoms with Gasteiger partial charge in [0, 0.05) is 22.1 Å². The molecular formula is C15H13BrClNOS. The molecule has 1 aliphatic rings. The van der Waals surface area contributed by atoms with Crippen molar-refractivity contribution in [3.8, 4) is 0 Å². The van der Waals surface area contributed by atoms with Gasteiger partial charge >= 0.3 is 0 Å². The van der Waals surface area contributed by atoms with Gasteiger partial charge in [-0.05, 0) is 69.4 Å². The van der Waals surface area contributed by atoms with E-state index in [2.05, 4.69) is 27.4 Å². The molecule has 0 atom stereocenters. The van der Waals surface area contributed by atoms with Gasteiger partial charge in [-0.15, -0.1) is 0 Å². The summed E-state index contributed by atoms with van der Waals surface area (Å²) in [4.78, 5) is 14.7. The number of carbonyl (C=O) groups is 1. The van der Waals surface area contributed by atoms with Crippen molar-refractivity contribution in [2.45, 2.75) is 25.4 Å². The van der Waals surface area contributed by atoms with Crippen LogP contribution in [-0.4, -0.2) is 16.8 Å². The predicted octanol–water partition coefficient (Wildman–Crippen LogP) is 4.97. The van der Waals surface area contributed by atoms with Gasteiger partial charge in [-0.25, -0.2) is 0 Å². The van der Waals surface area contributed by atoms with E-state index in [9.17, 15) is 4.79 Å². The zero-order chi connectivity index (χ0) is 14.1. The molecular weight excluding hydrogens is 358 g/mol. The summed E-state index contributed by atoms with van der Waals surface area (Å²) in [5, 5.41) is 4.77. The molecule has 1 aliphatic carbocycles. The zero-order valence-corrected chi connectivity index (χ0v) is 13.8. The molecule has 0 spiro atoms. The van der Waals surface area contributed by atoms with Gasteiger partial charge in [0.15, 0.2) is 0 Å². The van der Waals surface area contributed by atoms with E-state index in [1.165, 1.54) is 5.56 Å². The highest BCUT2D eigenvalue weighted by molar-refractivity contribution is 9.10. The van der Waals surface area contributed by atoms with Crippen LogP contribution in [0, 0.1) is 0 Å². The van der Waals surface area contributed by atoms with E-state index in [-0.39, 0.29) is 5.91 Å². The number of thiophene rings is 1. The normalized spacial score (nSPS) is 14.3. The highest BCUT2D eigenvalue weighted by atomic mass is 79.9. The molecule has 2 nitrogen and oxygen atoms in total. The van der Waals surface area contributed by atoms with E-state index in [4.69, 9.17) is 11.6 Å². The Morgan fingerprint density at radius 2 is 2.20 bits per heavy atom. The fourth-order valence-electron chi connectivity index (χ4n) is 2.15. The summed E-state index contributed by atoms with van der Waals surface area (Å²) in [6.45, 7) is 0.683. The molecule has 1 heterocycles. The third-order valence-electron chi connectivity index (χ3n) is 3.34. The molecule has 3 rings (SSSR count). The Balaban J connectivity index is 1.85. The van der Waals surface area contributed by atoms with Crippen molar-refractivity contribution >= 4 is 44.8 Å². The number of nitrogens with zero attached hydrogens (tertiary/aromatic N) is 1. The lowest BCUT2D eigenvalue weighted by molar-refractivity contribution is 0.0729. The average Bonchev–Trinajstić information content (AvgIpc) is 3.12. The SMILES string of the molecule is O=C(c1ccc(Cl)cc1Br)N(Cc1ccsc1)C1CC1. The van der Waals surface area contributed by atoms with Crippen molar-refractivity contribution < 1.29 is 4.79 Å². The van der Waals surface area contributed by atoms with Gasteiger partial charge in [0.05, 0.1) is 5.56 Å². The van der Waals surface area contributed by atoms with Crippen molar-refractivity contribution in [1.29, 1.82) is 0 Å². The first kappa shape index (κ1) is 14.1. The molecule has 0 unspecified atom stereocenters. The summed E-state index contributed by atoms with van der Waals surface area (Å²) in [6.07, 6.45) is 2.20. The summed E-state index contributed by atoms with van der Waals surface area (Å²) in [5.74, 6) is 0.0715. The molecule has 1 saturated carbocycles. The highest BCUT2D eigenvalue weighted by Gasteiger charge is 2.33. The Hall–Kier alpha value is -0.840. The van der Waals surface area contributed by atoms with Crippen LogP contribution >= 0.6 is 38.9 Å². The molecule has 1 fully saturated rings. The van der Waals surface area contributed by atoms with Gasteiger partial charge in [0.25, 0.3) is 5.91 Å². The van der Waals surface area contributed by atoms with Crippen molar-refractivity contribution in [3.05, 3.63) is 55.6 Å². The minimum atomic E-state index is 0.0715. The van der Waals surface area contributed by atoms with E-state index in [0.29, 0.717) is 23.2 Å². The van der Waals surface area contributed by atoms with E-state index < -0.39 is 0 Å². The second kappa shape index (κ2) is 5.88. The van der Waals surface area contributed by atoms with Gasteiger partial charge in [0.1, 0.15) is 0 Å². The van der Waals surface area contributed by atoms with Crippen molar-refractivity contribution in [3.63, 3.8) is 0 Å². The van der Waals surface area contributed by atoms with Gasteiger partial charge in [-0.3, -0.25) is 4.79 Å². The number of rotatable bonds is 4. The molecule has 1 aromatic carbocycles. The van der Waals surface area contributed by atoms with Crippen LogP contribution in [0.4, 0.5) is 0 Å². The molecule has 0 saturated heterocycles. The molecule has 2 aromatic rings. The minimum absolute atomic E-state index is 0.0715. The number of hydrogen-bond donors (Lipinski definition) is 0. The molecule has 0 radical (unpaired) electrons. The molecule has 20 heavy (non-hydrogen) atoms. The Morgan fingerprint density at radius 1 is 1.40 bits per heavy atom. The van der Waals surface area contributed by atoms with Crippen LogP contribution in [-0.2, 0) is 6.54 Å². The third-order valence-corrected chi connectivity index (χ3v) is 4.97. The minimum Gasteiger partial charge on any atom is -0.331 e. The molecule has 0 N–H and O–H groups in total. The lowest BCUT2D eigenvalue weighted by Crippen LogP contribution is -2.32. The zero-order valence-electron chi connectivity index (χ0n) is 10.7. The lowest BCUT2D eigenvalue weighted by atomic mass is 10.2. The number of benzene rings is 1. The summed E-state index contributed by atoms with van der Waals surface area (Å²) in [7, 11) is 0. The van der Waals surface area contributed by atoms with Crippen molar-refractivity contribution in [1.82, 2.24) is 4.90 Å². The van der Waals surface area contributed by atoms with Gasteiger partial charge < -0.3 is 4.90 Å². The highest BCUT2D eigenvalue weighted by Crippen LogP contribution is 2.32. The number of halogens is 2. The monoisotopic (exact) mass is 369 g/mol. The van der Waals surface area contributed by atoms with Crippen LogP contribution < -0.4 is 0 Å². The second-order valence-corrected chi connectivity index (χ2v) is 6.99. The molecule has 0 aliphatic heterocycles. The lowest BCUT2D eigenvalue weighted by Gasteiger charge is -2.22. The Morgan fingerprint density at radius 3 is 2.80 bits per heavy atom. The van der Waals surface area contributed by atoms with Crippen LogP contribution in [0.15, 0.2) is 39.5 Å². The van der Waals surface area contributed by atoms with Crippen molar-refractivity contribution in [2.75, 3.05) is 0 Å². The van der Waals surface area contributed by atoms with Crippen LogP contribution in [0.1, 0.15) is 28.8 Å². The Bertz CT molecular complexity index is 625.